The molecule has 0 aromatic heterocycles. The Bertz CT molecular complexity index is 904. The van der Waals surface area contributed by atoms with Crippen molar-refractivity contribution < 1.29 is 4.79 Å². The summed E-state index contributed by atoms with van der Waals surface area (Å²) in [5.41, 5.74) is 3.53. The molecule has 2 aliphatic heterocycles. The van der Waals surface area contributed by atoms with Gasteiger partial charge in [0.05, 0.1) is 6.54 Å². The smallest absolute Gasteiger partial charge is 0.226 e. The predicted molar refractivity (Wildman–Crippen MR) is 135 cm³/mol. The molecule has 2 aliphatic rings. The number of guanidine groups is 1. The first-order valence-corrected chi connectivity index (χ1v) is 12.4. The molecule has 2 aromatic rings. The van der Waals surface area contributed by atoms with Crippen molar-refractivity contribution in [3.05, 3.63) is 65.7 Å². The number of likely N-dealkylation sites (tertiary alicyclic amines) is 1. The largest absolute Gasteiger partial charge is 0.357 e. The summed E-state index contributed by atoms with van der Waals surface area (Å²) in [5.74, 6) is 1.12. The number of rotatable bonds is 7. The Kier molecular flexibility index (Phi) is 8.36. The molecule has 6 nitrogen and oxygen atoms in total. The van der Waals surface area contributed by atoms with Crippen LogP contribution in [-0.2, 0) is 17.9 Å². The standard InChI is InChI=1S/C27H37N5O/c1-2-28-27(30-24-15-18-31(19-16-24)21-23-8-4-3-5-9-23)29-20-22-11-13-25(14-12-22)32-17-7-6-10-26(32)33/h3-5,8-9,11-14,24H,2,6-7,10,15-21H2,1H3,(H2,28,29,30). The van der Waals surface area contributed by atoms with Gasteiger partial charge in [0.2, 0.25) is 5.91 Å². The summed E-state index contributed by atoms with van der Waals surface area (Å²) in [6.45, 7) is 7.62. The van der Waals surface area contributed by atoms with Crippen LogP contribution in [0.5, 0.6) is 0 Å². The average Bonchev–Trinajstić information content (AvgIpc) is 2.85. The highest BCUT2D eigenvalue weighted by atomic mass is 16.2. The van der Waals surface area contributed by atoms with Crippen molar-refractivity contribution >= 4 is 17.6 Å². The van der Waals surface area contributed by atoms with E-state index in [1.54, 1.807) is 0 Å². The molecule has 2 heterocycles. The minimum atomic E-state index is 0.237. The number of anilines is 1. The fourth-order valence-corrected chi connectivity index (χ4v) is 4.62. The van der Waals surface area contributed by atoms with Crippen molar-refractivity contribution in [3.63, 3.8) is 0 Å². The Balaban J connectivity index is 1.27. The fourth-order valence-electron chi connectivity index (χ4n) is 4.62. The molecule has 2 aromatic carbocycles. The lowest BCUT2D eigenvalue weighted by atomic mass is 10.0. The van der Waals surface area contributed by atoms with Crippen LogP contribution in [0.15, 0.2) is 59.6 Å². The van der Waals surface area contributed by atoms with Gasteiger partial charge >= 0.3 is 0 Å². The highest BCUT2D eigenvalue weighted by Crippen LogP contribution is 2.21. The van der Waals surface area contributed by atoms with Crippen LogP contribution in [0.4, 0.5) is 5.69 Å². The van der Waals surface area contributed by atoms with Gasteiger partial charge in [0.1, 0.15) is 0 Å². The van der Waals surface area contributed by atoms with Crippen LogP contribution >= 0.6 is 0 Å². The molecule has 2 fully saturated rings. The van der Waals surface area contributed by atoms with Gasteiger partial charge in [-0.25, -0.2) is 4.99 Å². The first-order chi connectivity index (χ1) is 16.2. The summed E-state index contributed by atoms with van der Waals surface area (Å²) >= 11 is 0. The van der Waals surface area contributed by atoms with Crippen LogP contribution in [0.3, 0.4) is 0 Å². The monoisotopic (exact) mass is 447 g/mol. The van der Waals surface area contributed by atoms with E-state index in [0.29, 0.717) is 19.0 Å². The second-order valence-corrected chi connectivity index (χ2v) is 9.04. The van der Waals surface area contributed by atoms with Crippen molar-refractivity contribution in [3.8, 4) is 0 Å². The molecule has 0 atom stereocenters. The van der Waals surface area contributed by atoms with Gasteiger partial charge in [-0.3, -0.25) is 9.69 Å². The molecular weight excluding hydrogens is 410 g/mol. The van der Waals surface area contributed by atoms with Gasteiger partial charge in [0.15, 0.2) is 5.96 Å². The Hall–Kier alpha value is -2.86. The van der Waals surface area contributed by atoms with Crippen LogP contribution in [0.25, 0.3) is 0 Å². The number of benzene rings is 2. The van der Waals surface area contributed by atoms with Gasteiger partial charge in [-0.1, -0.05) is 42.5 Å². The molecular formula is C27H37N5O. The first-order valence-electron chi connectivity index (χ1n) is 12.4. The third-order valence-electron chi connectivity index (χ3n) is 6.51. The summed E-state index contributed by atoms with van der Waals surface area (Å²) < 4.78 is 0. The van der Waals surface area contributed by atoms with Crippen molar-refractivity contribution in [2.75, 3.05) is 31.1 Å². The quantitative estimate of drug-likeness (QED) is 0.499. The maximum absolute atomic E-state index is 12.2. The highest BCUT2D eigenvalue weighted by molar-refractivity contribution is 5.93. The van der Waals surface area contributed by atoms with E-state index in [1.807, 2.05) is 4.90 Å². The molecule has 0 radical (unpaired) electrons. The van der Waals surface area contributed by atoms with Gasteiger partial charge in [-0.15, -0.1) is 0 Å². The van der Waals surface area contributed by atoms with Gasteiger partial charge in [-0.2, -0.15) is 0 Å². The molecule has 33 heavy (non-hydrogen) atoms. The third-order valence-corrected chi connectivity index (χ3v) is 6.51. The third kappa shape index (κ3) is 6.81. The maximum Gasteiger partial charge on any atom is 0.226 e. The zero-order valence-electron chi connectivity index (χ0n) is 19.8. The van der Waals surface area contributed by atoms with E-state index in [0.717, 1.165) is 75.6 Å². The Labute approximate surface area is 198 Å². The zero-order valence-corrected chi connectivity index (χ0v) is 19.8. The summed E-state index contributed by atoms with van der Waals surface area (Å²) in [7, 11) is 0. The number of hydrogen-bond donors (Lipinski definition) is 2. The Morgan fingerprint density at radius 1 is 0.970 bits per heavy atom. The first kappa shape index (κ1) is 23.3. The number of piperidine rings is 2. The SMILES string of the molecule is CCNC(=NCc1ccc(N2CCCCC2=O)cc1)NC1CCN(Cc2ccccc2)CC1. The highest BCUT2D eigenvalue weighted by Gasteiger charge is 2.21. The second kappa shape index (κ2) is 11.8. The number of aliphatic imine (C=N–C) groups is 1. The van der Waals surface area contributed by atoms with Crippen molar-refractivity contribution in [1.29, 1.82) is 0 Å². The van der Waals surface area contributed by atoms with E-state index in [1.165, 1.54) is 5.56 Å². The van der Waals surface area contributed by atoms with Crippen LogP contribution in [0, 0.1) is 0 Å². The normalized spacial score (nSPS) is 18.4. The van der Waals surface area contributed by atoms with E-state index >= 15 is 0 Å². The van der Waals surface area contributed by atoms with E-state index in [9.17, 15) is 4.79 Å². The molecule has 4 rings (SSSR count). The molecule has 0 spiro atoms. The molecule has 2 N–H and O–H groups in total. The van der Waals surface area contributed by atoms with Crippen molar-refractivity contribution in [1.82, 2.24) is 15.5 Å². The van der Waals surface area contributed by atoms with Gasteiger partial charge in [0, 0.05) is 50.9 Å². The molecule has 1 amide bonds. The van der Waals surface area contributed by atoms with Gasteiger partial charge < -0.3 is 15.5 Å². The summed E-state index contributed by atoms with van der Waals surface area (Å²) in [6, 6.07) is 19.4. The Morgan fingerprint density at radius 3 is 2.42 bits per heavy atom. The lowest BCUT2D eigenvalue weighted by Crippen LogP contribution is -2.48. The molecule has 0 bridgehead atoms. The van der Waals surface area contributed by atoms with E-state index in [2.05, 4.69) is 77.1 Å². The van der Waals surface area contributed by atoms with Crippen LogP contribution in [0.2, 0.25) is 0 Å². The molecule has 6 heteroatoms. The van der Waals surface area contributed by atoms with Crippen LogP contribution in [-0.4, -0.2) is 49.0 Å². The van der Waals surface area contributed by atoms with E-state index < -0.39 is 0 Å². The number of carbonyl (C=O) groups is 1. The van der Waals surface area contributed by atoms with Crippen LogP contribution < -0.4 is 15.5 Å². The number of carbonyl (C=O) groups excluding carboxylic acids is 1. The number of amides is 1. The predicted octanol–water partition coefficient (Wildman–Crippen LogP) is 3.92. The fraction of sp³-hybridized carbons (Fsp3) is 0.481. The molecule has 0 aliphatic carbocycles. The average molecular weight is 448 g/mol. The lowest BCUT2D eigenvalue weighted by Gasteiger charge is -2.33. The van der Waals surface area contributed by atoms with Crippen molar-refractivity contribution in [2.24, 2.45) is 4.99 Å². The zero-order chi connectivity index (χ0) is 22.9. The summed E-state index contributed by atoms with van der Waals surface area (Å²) in [6.07, 6.45) is 5.00. The minimum absolute atomic E-state index is 0.237. The molecule has 2 saturated heterocycles. The van der Waals surface area contributed by atoms with Gasteiger partial charge in [-0.05, 0) is 55.9 Å². The van der Waals surface area contributed by atoms with E-state index in [-0.39, 0.29) is 5.91 Å². The van der Waals surface area contributed by atoms with Crippen LogP contribution in [0.1, 0.15) is 50.2 Å². The maximum atomic E-state index is 12.2. The second-order valence-electron chi connectivity index (χ2n) is 9.04. The topological polar surface area (TPSA) is 60.0 Å². The minimum Gasteiger partial charge on any atom is -0.357 e. The summed E-state index contributed by atoms with van der Waals surface area (Å²) in [4.78, 5) is 21.4. The molecule has 176 valence electrons. The van der Waals surface area contributed by atoms with E-state index in [4.69, 9.17) is 4.99 Å². The molecule has 0 saturated carbocycles. The lowest BCUT2D eigenvalue weighted by molar-refractivity contribution is -0.119. The number of hydrogen-bond acceptors (Lipinski definition) is 3. The number of nitrogens with zero attached hydrogens (tertiary/aromatic N) is 3. The Morgan fingerprint density at radius 2 is 1.73 bits per heavy atom. The molecule has 0 unspecified atom stereocenters. The summed E-state index contributed by atoms with van der Waals surface area (Å²) in [5, 5.41) is 7.03. The van der Waals surface area contributed by atoms with Gasteiger partial charge in [0.25, 0.3) is 0 Å². The van der Waals surface area contributed by atoms with Crippen molar-refractivity contribution in [2.45, 2.75) is 58.2 Å². The number of nitrogens with one attached hydrogen (secondary N) is 2.